The number of halogens is 3. The summed E-state index contributed by atoms with van der Waals surface area (Å²) in [5, 5.41) is 2.87. The molecule has 164 valence electrons. The van der Waals surface area contributed by atoms with Crippen LogP contribution in [0.1, 0.15) is 29.5 Å². The zero-order chi connectivity index (χ0) is 23.1. The number of benzene rings is 1. The quantitative estimate of drug-likeness (QED) is 0.590. The molecule has 1 unspecified atom stereocenters. The number of hydrogen-bond donors (Lipinski definition) is 1. The maximum atomic E-state index is 13.4. The van der Waals surface area contributed by atoms with Crippen molar-refractivity contribution in [1.29, 1.82) is 0 Å². The van der Waals surface area contributed by atoms with Crippen LogP contribution in [-0.2, 0) is 29.8 Å². The lowest BCUT2D eigenvalue weighted by molar-refractivity contribution is -0.138. The summed E-state index contributed by atoms with van der Waals surface area (Å²) in [6, 6.07) is 4.39. The SMILES string of the molecule is C=CCOC(=O)C1=C(C)Nc2c(c(=O)n(C)c(=O)n2C)C1c1cccc(C(F)(F)F)c1. The third kappa shape index (κ3) is 3.80. The van der Waals surface area contributed by atoms with Crippen LogP contribution in [0.3, 0.4) is 0 Å². The molecular formula is C21H20F3N3O4. The van der Waals surface area contributed by atoms with Crippen LogP contribution < -0.4 is 16.6 Å². The Morgan fingerprint density at radius 1 is 1.26 bits per heavy atom. The lowest BCUT2D eigenvalue weighted by Crippen LogP contribution is -2.43. The Hall–Kier alpha value is -3.56. The van der Waals surface area contributed by atoms with E-state index < -0.39 is 34.9 Å². The van der Waals surface area contributed by atoms with Gasteiger partial charge in [0, 0.05) is 19.8 Å². The third-order valence-corrected chi connectivity index (χ3v) is 5.09. The summed E-state index contributed by atoms with van der Waals surface area (Å²) in [7, 11) is 2.68. The fourth-order valence-electron chi connectivity index (χ4n) is 3.60. The number of carbonyl (C=O) groups is 1. The van der Waals surface area contributed by atoms with Gasteiger partial charge in [-0.1, -0.05) is 30.9 Å². The second kappa shape index (κ2) is 7.93. The molecule has 0 saturated heterocycles. The van der Waals surface area contributed by atoms with Crippen LogP contribution in [0, 0.1) is 0 Å². The number of nitrogens with one attached hydrogen (secondary N) is 1. The first-order valence-corrected chi connectivity index (χ1v) is 9.21. The molecule has 10 heteroatoms. The number of allylic oxidation sites excluding steroid dienone is 1. The number of aromatic nitrogens is 2. The first kappa shape index (κ1) is 22.1. The summed E-state index contributed by atoms with van der Waals surface area (Å²) in [4.78, 5) is 38.2. The molecule has 1 aromatic carbocycles. The Kier molecular flexibility index (Phi) is 5.66. The van der Waals surface area contributed by atoms with E-state index in [-0.39, 0.29) is 34.8 Å². The van der Waals surface area contributed by atoms with Gasteiger partial charge in [-0.25, -0.2) is 9.59 Å². The van der Waals surface area contributed by atoms with Gasteiger partial charge in [0.1, 0.15) is 12.4 Å². The molecule has 0 radical (unpaired) electrons. The van der Waals surface area contributed by atoms with E-state index in [1.807, 2.05) is 0 Å². The summed E-state index contributed by atoms with van der Waals surface area (Å²) in [6.45, 7) is 4.87. The van der Waals surface area contributed by atoms with Crippen molar-refractivity contribution in [2.24, 2.45) is 14.1 Å². The molecule has 0 spiro atoms. The molecule has 1 aromatic heterocycles. The monoisotopic (exact) mass is 435 g/mol. The van der Waals surface area contributed by atoms with Gasteiger partial charge in [0.15, 0.2) is 0 Å². The second-order valence-electron chi connectivity index (χ2n) is 7.08. The van der Waals surface area contributed by atoms with Crippen molar-refractivity contribution in [3.8, 4) is 0 Å². The molecule has 0 bridgehead atoms. The van der Waals surface area contributed by atoms with Crippen molar-refractivity contribution in [3.05, 3.63) is 85.7 Å². The highest BCUT2D eigenvalue weighted by molar-refractivity contribution is 5.94. The van der Waals surface area contributed by atoms with E-state index in [0.29, 0.717) is 0 Å². The number of rotatable bonds is 4. The highest BCUT2D eigenvalue weighted by Gasteiger charge is 2.39. The maximum absolute atomic E-state index is 13.4. The summed E-state index contributed by atoms with van der Waals surface area (Å²) in [5.74, 6) is -1.89. The van der Waals surface area contributed by atoms with Crippen molar-refractivity contribution in [2.75, 3.05) is 11.9 Å². The van der Waals surface area contributed by atoms with Gasteiger partial charge >= 0.3 is 17.8 Å². The van der Waals surface area contributed by atoms with Crippen LogP contribution in [0.15, 0.2) is 57.8 Å². The summed E-state index contributed by atoms with van der Waals surface area (Å²) >= 11 is 0. The molecule has 1 aliphatic heterocycles. The molecule has 7 nitrogen and oxygen atoms in total. The van der Waals surface area contributed by atoms with Crippen molar-refractivity contribution in [3.63, 3.8) is 0 Å². The largest absolute Gasteiger partial charge is 0.458 e. The number of fused-ring (bicyclic) bond motifs is 1. The van der Waals surface area contributed by atoms with Crippen LogP contribution in [0.2, 0.25) is 0 Å². The number of nitrogens with zero attached hydrogens (tertiary/aromatic N) is 2. The highest BCUT2D eigenvalue weighted by Crippen LogP contribution is 2.41. The Bertz CT molecular complexity index is 1220. The van der Waals surface area contributed by atoms with E-state index in [0.717, 1.165) is 16.7 Å². The van der Waals surface area contributed by atoms with E-state index in [4.69, 9.17) is 4.74 Å². The van der Waals surface area contributed by atoms with Crippen LogP contribution in [-0.4, -0.2) is 21.7 Å². The van der Waals surface area contributed by atoms with Crippen molar-refractivity contribution in [2.45, 2.75) is 19.0 Å². The molecule has 1 atom stereocenters. The lowest BCUT2D eigenvalue weighted by atomic mass is 9.81. The van der Waals surface area contributed by atoms with Gasteiger partial charge < -0.3 is 10.1 Å². The summed E-state index contributed by atoms with van der Waals surface area (Å²) < 4.78 is 47.2. The average molecular weight is 435 g/mol. The standard InChI is InChI=1S/C21H20F3N3O4/c1-5-9-31-19(29)14-11(2)25-17-16(18(28)27(4)20(30)26(17)3)15(14)12-7-6-8-13(10-12)21(22,23)24/h5-8,10,15,25H,1,9H2,2-4H3. The van der Waals surface area contributed by atoms with Gasteiger partial charge in [-0.15, -0.1) is 0 Å². The molecule has 31 heavy (non-hydrogen) atoms. The van der Waals surface area contributed by atoms with Crippen molar-refractivity contribution < 1.29 is 22.7 Å². The van der Waals surface area contributed by atoms with E-state index in [1.165, 1.54) is 43.8 Å². The molecule has 2 heterocycles. The van der Waals surface area contributed by atoms with E-state index >= 15 is 0 Å². The first-order valence-electron chi connectivity index (χ1n) is 9.21. The zero-order valence-electron chi connectivity index (χ0n) is 17.0. The lowest BCUT2D eigenvalue weighted by Gasteiger charge is -2.31. The molecule has 3 rings (SSSR count). The number of anilines is 1. The number of hydrogen-bond acceptors (Lipinski definition) is 5. The summed E-state index contributed by atoms with van der Waals surface area (Å²) in [5.41, 5.74) is -2.00. The normalized spacial score (nSPS) is 15.9. The van der Waals surface area contributed by atoms with Crippen LogP contribution in [0.25, 0.3) is 0 Å². The van der Waals surface area contributed by atoms with Gasteiger partial charge in [0.2, 0.25) is 0 Å². The van der Waals surface area contributed by atoms with Gasteiger partial charge in [0.05, 0.1) is 22.6 Å². The minimum Gasteiger partial charge on any atom is -0.458 e. The van der Waals surface area contributed by atoms with Crippen molar-refractivity contribution >= 4 is 11.8 Å². The minimum atomic E-state index is -4.62. The Balaban J connectivity index is 2.36. The number of alkyl halides is 3. The smallest absolute Gasteiger partial charge is 0.416 e. The molecule has 0 fully saturated rings. The summed E-state index contributed by atoms with van der Waals surface area (Å²) in [6.07, 6.45) is -3.28. The van der Waals surface area contributed by atoms with Crippen molar-refractivity contribution in [1.82, 2.24) is 9.13 Å². The van der Waals surface area contributed by atoms with E-state index in [9.17, 15) is 27.6 Å². The third-order valence-electron chi connectivity index (χ3n) is 5.09. The maximum Gasteiger partial charge on any atom is 0.416 e. The average Bonchev–Trinajstić information content (AvgIpc) is 2.73. The minimum absolute atomic E-state index is 0.0237. The molecular weight excluding hydrogens is 415 g/mol. The van der Waals surface area contributed by atoms with Gasteiger partial charge in [-0.05, 0) is 18.6 Å². The molecule has 0 saturated carbocycles. The number of ether oxygens (including phenoxy) is 1. The number of carbonyl (C=O) groups excluding carboxylic acids is 1. The molecule has 0 aliphatic carbocycles. The van der Waals surface area contributed by atoms with E-state index in [2.05, 4.69) is 11.9 Å². The predicted octanol–water partition coefficient (Wildman–Crippen LogP) is 2.66. The zero-order valence-corrected chi connectivity index (χ0v) is 17.0. The van der Waals surface area contributed by atoms with Crippen LogP contribution in [0.4, 0.5) is 19.0 Å². The second-order valence-corrected chi connectivity index (χ2v) is 7.08. The first-order chi connectivity index (χ1) is 14.5. The highest BCUT2D eigenvalue weighted by atomic mass is 19.4. The van der Waals surface area contributed by atoms with Crippen LogP contribution >= 0.6 is 0 Å². The number of esters is 1. The predicted molar refractivity (Wildman–Crippen MR) is 108 cm³/mol. The Labute approximate surface area is 175 Å². The molecule has 0 amide bonds. The Morgan fingerprint density at radius 2 is 1.94 bits per heavy atom. The van der Waals surface area contributed by atoms with Gasteiger partial charge in [-0.3, -0.25) is 13.9 Å². The molecule has 2 aromatic rings. The molecule has 1 N–H and O–H groups in total. The fourth-order valence-corrected chi connectivity index (χ4v) is 3.60. The Morgan fingerprint density at radius 3 is 2.55 bits per heavy atom. The topological polar surface area (TPSA) is 82.3 Å². The van der Waals surface area contributed by atoms with Gasteiger partial charge in [0.25, 0.3) is 5.56 Å². The van der Waals surface area contributed by atoms with Crippen LogP contribution in [0.5, 0.6) is 0 Å². The van der Waals surface area contributed by atoms with Gasteiger partial charge in [-0.2, -0.15) is 13.2 Å². The van der Waals surface area contributed by atoms with E-state index in [1.54, 1.807) is 0 Å². The fraction of sp³-hybridized carbons (Fsp3) is 0.286. The molecule has 1 aliphatic rings.